The maximum Gasteiger partial charge on any atom is 0.153 e. The molecule has 0 radical (unpaired) electrons. The van der Waals surface area contributed by atoms with Gasteiger partial charge < -0.3 is 16.8 Å². The Balaban J connectivity index is 2.81. The maximum atomic E-state index is 5.74. The Kier molecular flexibility index (Phi) is 4.47. The molecule has 0 aliphatic heterocycles. The number of hydrogen-bond acceptors (Lipinski definition) is 3. The highest BCUT2D eigenvalue weighted by molar-refractivity contribution is 5.97. The van der Waals surface area contributed by atoms with E-state index in [1.807, 2.05) is 31.3 Å². The van der Waals surface area contributed by atoms with E-state index >= 15 is 0 Å². The Labute approximate surface area is 95.2 Å². The van der Waals surface area contributed by atoms with Crippen LogP contribution in [0.5, 0.6) is 0 Å². The van der Waals surface area contributed by atoms with E-state index in [1.54, 1.807) is 6.92 Å². The molecule has 0 atom stereocenters. The van der Waals surface area contributed by atoms with Crippen molar-refractivity contribution in [1.29, 1.82) is 0 Å². The minimum Gasteiger partial charge on any atom is -0.386 e. The first-order valence-corrected chi connectivity index (χ1v) is 5.00. The molecule has 0 saturated carbocycles. The largest absolute Gasteiger partial charge is 0.386 e. The van der Waals surface area contributed by atoms with Crippen molar-refractivity contribution in [1.82, 2.24) is 5.32 Å². The molecule has 1 aromatic rings. The molecule has 5 N–H and O–H groups in total. The summed E-state index contributed by atoms with van der Waals surface area (Å²) in [6.07, 6.45) is 0. The molecule has 0 fully saturated rings. The topological polar surface area (TPSA) is 88.8 Å². The molecule has 16 heavy (non-hydrogen) atoms. The van der Waals surface area contributed by atoms with Gasteiger partial charge in [0.15, 0.2) is 5.84 Å². The van der Waals surface area contributed by atoms with Crippen molar-refractivity contribution in [2.24, 2.45) is 21.7 Å². The number of hydrogen-bond donors (Lipinski definition) is 3. The second kappa shape index (κ2) is 5.87. The number of benzene rings is 1. The number of nitrogens with one attached hydrogen (secondary N) is 1. The van der Waals surface area contributed by atoms with Crippen LogP contribution in [0.2, 0.25) is 0 Å². The van der Waals surface area contributed by atoms with E-state index in [0.29, 0.717) is 11.7 Å². The first kappa shape index (κ1) is 12.2. The van der Waals surface area contributed by atoms with Gasteiger partial charge in [0.1, 0.15) is 5.84 Å². The molecule has 0 heterocycles. The van der Waals surface area contributed by atoms with Gasteiger partial charge in [-0.05, 0) is 19.5 Å². The predicted molar refractivity (Wildman–Crippen MR) is 67.2 cm³/mol. The van der Waals surface area contributed by atoms with Crippen molar-refractivity contribution in [2.75, 3.05) is 7.05 Å². The monoisotopic (exact) mass is 219 g/mol. The van der Waals surface area contributed by atoms with Crippen LogP contribution in [0.25, 0.3) is 0 Å². The second-order valence-electron chi connectivity index (χ2n) is 3.45. The van der Waals surface area contributed by atoms with Crippen LogP contribution in [0, 0.1) is 0 Å². The molecule has 0 aliphatic rings. The zero-order valence-electron chi connectivity index (χ0n) is 9.57. The van der Waals surface area contributed by atoms with Gasteiger partial charge >= 0.3 is 0 Å². The van der Waals surface area contributed by atoms with Gasteiger partial charge in [0, 0.05) is 12.1 Å². The Morgan fingerprint density at radius 1 is 1.19 bits per heavy atom. The van der Waals surface area contributed by atoms with Crippen LogP contribution in [0.15, 0.2) is 34.5 Å². The fourth-order valence-electron chi connectivity index (χ4n) is 1.19. The van der Waals surface area contributed by atoms with Gasteiger partial charge in [0.05, 0.1) is 0 Å². The third-order valence-electron chi connectivity index (χ3n) is 1.95. The smallest absolute Gasteiger partial charge is 0.153 e. The first-order valence-electron chi connectivity index (χ1n) is 5.00. The summed E-state index contributed by atoms with van der Waals surface area (Å²) in [5.74, 6) is 0.746. The third kappa shape index (κ3) is 3.70. The summed E-state index contributed by atoms with van der Waals surface area (Å²) in [7, 11) is 1.91. The summed E-state index contributed by atoms with van der Waals surface area (Å²) in [6, 6.07) is 7.81. The molecule has 5 nitrogen and oxygen atoms in total. The van der Waals surface area contributed by atoms with E-state index in [9.17, 15) is 0 Å². The summed E-state index contributed by atoms with van der Waals surface area (Å²) in [4.78, 5) is 0. The zero-order chi connectivity index (χ0) is 12.0. The summed E-state index contributed by atoms with van der Waals surface area (Å²) in [6.45, 7) is 2.49. The van der Waals surface area contributed by atoms with Gasteiger partial charge in [-0.2, -0.15) is 0 Å². The first-order chi connectivity index (χ1) is 7.63. The minimum atomic E-state index is 0.362. The third-order valence-corrected chi connectivity index (χ3v) is 1.95. The lowest BCUT2D eigenvalue weighted by atomic mass is 10.1. The van der Waals surface area contributed by atoms with Gasteiger partial charge in [-0.1, -0.05) is 24.3 Å². The molecule has 86 valence electrons. The van der Waals surface area contributed by atoms with Gasteiger partial charge in [0.25, 0.3) is 0 Å². The van der Waals surface area contributed by atoms with Gasteiger partial charge in [-0.25, -0.2) is 0 Å². The van der Waals surface area contributed by atoms with Gasteiger partial charge in [0.2, 0.25) is 0 Å². The number of rotatable bonds is 4. The van der Waals surface area contributed by atoms with Crippen molar-refractivity contribution < 1.29 is 0 Å². The Bertz CT molecular complexity index is 387. The highest BCUT2D eigenvalue weighted by Crippen LogP contribution is 2.04. The molecular formula is C11H17N5. The Hall–Kier alpha value is -1.88. The average molecular weight is 219 g/mol. The Morgan fingerprint density at radius 2 is 1.81 bits per heavy atom. The molecule has 1 rings (SSSR count). The molecular weight excluding hydrogens is 202 g/mol. The van der Waals surface area contributed by atoms with Gasteiger partial charge in [-0.15, -0.1) is 10.2 Å². The van der Waals surface area contributed by atoms with E-state index in [4.69, 9.17) is 11.5 Å². The lowest BCUT2D eigenvalue weighted by Gasteiger charge is -2.02. The molecule has 0 bridgehead atoms. The highest BCUT2D eigenvalue weighted by atomic mass is 15.2. The normalized spacial score (nSPS) is 12.9. The van der Waals surface area contributed by atoms with Crippen LogP contribution in [0.1, 0.15) is 18.1 Å². The van der Waals surface area contributed by atoms with E-state index in [-0.39, 0.29) is 0 Å². The van der Waals surface area contributed by atoms with Crippen molar-refractivity contribution in [3.8, 4) is 0 Å². The summed E-state index contributed by atoms with van der Waals surface area (Å²) in [5, 5.41) is 10.6. The summed E-state index contributed by atoms with van der Waals surface area (Å²) < 4.78 is 0. The fourth-order valence-corrected chi connectivity index (χ4v) is 1.19. The van der Waals surface area contributed by atoms with E-state index in [2.05, 4.69) is 15.5 Å². The van der Waals surface area contributed by atoms with Crippen LogP contribution in [-0.2, 0) is 6.54 Å². The SMILES string of the molecule is CNCc1ccc(/C(N)=N/N=C(/C)N)cc1. The van der Waals surface area contributed by atoms with Crippen molar-refractivity contribution in [2.45, 2.75) is 13.5 Å². The standard InChI is InChI=1S/C11H17N5/c1-8(12)15-16-11(13)10-5-3-9(4-6-10)7-14-2/h3-6,14H,7H2,1-2H3,(H2,12,15)(H2,13,16). The molecule has 0 saturated heterocycles. The fraction of sp³-hybridized carbons (Fsp3) is 0.273. The molecule has 0 spiro atoms. The Morgan fingerprint density at radius 3 is 2.31 bits per heavy atom. The molecule has 0 unspecified atom stereocenters. The summed E-state index contributed by atoms with van der Waals surface area (Å²) >= 11 is 0. The van der Waals surface area contributed by atoms with Gasteiger partial charge in [-0.3, -0.25) is 0 Å². The van der Waals surface area contributed by atoms with Crippen molar-refractivity contribution in [3.05, 3.63) is 35.4 Å². The number of nitrogens with zero attached hydrogens (tertiary/aromatic N) is 2. The lowest BCUT2D eigenvalue weighted by molar-refractivity contribution is 0.818. The van der Waals surface area contributed by atoms with E-state index in [1.165, 1.54) is 5.56 Å². The summed E-state index contributed by atoms with van der Waals surface area (Å²) in [5.41, 5.74) is 13.1. The average Bonchev–Trinajstić information content (AvgIpc) is 2.27. The molecule has 0 aliphatic carbocycles. The van der Waals surface area contributed by atoms with Crippen molar-refractivity contribution in [3.63, 3.8) is 0 Å². The quantitative estimate of drug-likeness (QED) is 0.389. The minimum absolute atomic E-state index is 0.362. The zero-order valence-corrected chi connectivity index (χ0v) is 9.57. The van der Waals surface area contributed by atoms with Crippen LogP contribution in [0.3, 0.4) is 0 Å². The van der Waals surface area contributed by atoms with E-state index in [0.717, 1.165) is 12.1 Å². The predicted octanol–water partition coefficient (Wildman–Crippen LogP) is 0.403. The number of amidine groups is 2. The number of nitrogens with two attached hydrogens (primary N) is 2. The van der Waals surface area contributed by atoms with Crippen LogP contribution in [-0.4, -0.2) is 18.7 Å². The van der Waals surface area contributed by atoms with Crippen molar-refractivity contribution >= 4 is 11.7 Å². The molecule has 1 aromatic carbocycles. The maximum absolute atomic E-state index is 5.74. The molecule has 0 aromatic heterocycles. The van der Waals surface area contributed by atoms with Crippen LogP contribution < -0.4 is 16.8 Å². The second-order valence-corrected chi connectivity index (χ2v) is 3.45. The molecule has 0 amide bonds. The van der Waals surface area contributed by atoms with Crippen LogP contribution in [0.4, 0.5) is 0 Å². The van der Waals surface area contributed by atoms with E-state index < -0.39 is 0 Å². The lowest BCUT2D eigenvalue weighted by Crippen LogP contribution is -2.14. The highest BCUT2D eigenvalue weighted by Gasteiger charge is 1.98. The van der Waals surface area contributed by atoms with Crippen LogP contribution >= 0.6 is 0 Å². The molecule has 5 heteroatoms.